The van der Waals surface area contributed by atoms with Crippen LogP contribution in [0.2, 0.25) is 0 Å². The van der Waals surface area contributed by atoms with Crippen molar-refractivity contribution in [2.45, 2.75) is 38.6 Å². The van der Waals surface area contributed by atoms with E-state index in [-0.39, 0.29) is 0 Å². The molecule has 0 bridgehead atoms. The van der Waals surface area contributed by atoms with E-state index < -0.39 is 0 Å². The van der Waals surface area contributed by atoms with Crippen LogP contribution in [0.1, 0.15) is 30.9 Å². The van der Waals surface area contributed by atoms with Crippen molar-refractivity contribution in [2.75, 3.05) is 13.2 Å². The highest BCUT2D eigenvalue weighted by molar-refractivity contribution is 5.33. The Bertz CT molecular complexity index is 441. The average molecular weight is 257 g/mol. The first-order chi connectivity index (χ1) is 9.38. The van der Waals surface area contributed by atoms with E-state index in [1.807, 2.05) is 0 Å². The Morgan fingerprint density at radius 2 is 2.00 bits per heavy atom. The molecule has 1 aliphatic carbocycles. The van der Waals surface area contributed by atoms with Gasteiger partial charge in [0.25, 0.3) is 0 Å². The summed E-state index contributed by atoms with van der Waals surface area (Å²) in [5, 5.41) is 3.64. The lowest BCUT2D eigenvalue weighted by atomic mass is 9.93. The van der Waals surface area contributed by atoms with Gasteiger partial charge in [0.1, 0.15) is 5.76 Å². The third-order valence-electron chi connectivity index (χ3n) is 4.25. The summed E-state index contributed by atoms with van der Waals surface area (Å²) in [4.78, 5) is 0. The van der Waals surface area contributed by atoms with Crippen molar-refractivity contribution in [2.24, 2.45) is 5.92 Å². The number of hydrogen-bond donors (Lipinski definition) is 1. The largest absolute Gasteiger partial charge is 0.497 e. The fourth-order valence-electron chi connectivity index (χ4n) is 3.34. The quantitative estimate of drug-likeness (QED) is 0.895. The van der Waals surface area contributed by atoms with Gasteiger partial charge in [-0.1, -0.05) is 31.2 Å². The summed E-state index contributed by atoms with van der Waals surface area (Å²) in [6.45, 7) is 4.06. The van der Waals surface area contributed by atoms with Crippen molar-refractivity contribution in [3.05, 3.63) is 47.2 Å². The number of benzene rings is 1. The molecule has 2 nitrogen and oxygen atoms in total. The van der Waals surface area contributed by atoms with Gasteiger partial charge in [0.15, 0.2) is 0 Å². The van der Waals surface area contributed by atoms with Crippen LogP contribution < -0.4 is 5.32 Å². The Labute approximate surface area is 115 Å². The van der Waals surface area contributed by atoms with Crippen LogP contribution in [-0.2, 0) is 17.6 Å². The second kappa shape index (κ2) is 5.79. The van der Waals surface area contributed by atoms with Gasteiger partial charge in [-0.2, -0.15) is 0 Å². The van der Waals surface area contributed by atoms with Crippen molar-refractivity contribution in [3.63, 3.8) is 0 Å². The van der Waals surface area contributed by atoms with Gasteiger partial charge in [0.2, 0.25) is 0 Å². The van der Waals surface area contributed by atoms with E-state index in [9.17, 15) is 0 Å². The molecule has 1 aromatic rings. The Hall–Kier alpha value is -1.28. The maximum atomic E-state index is 5.90. The first kappa shape index (κ1) is 12.7. The zero-order chi connectivity index (χ0) is 13.1. The number of fused-ring (bicyclic) bond motifs is 1. The summed E-state index contributed by atoms with van der Waals surface area (Å²) < 4.78 is 5.90. The highest BCUT2D eigenvalue weighted by Crippen LogP contribution is 2.32. The molecule has 1 atom stereocenters. The van der Waals surface area contributed by atoms with Crippen LogP contribution in [0.4, 0.5) is 0 Å². The summed E-state index contributed by atoms with van der Waals surface area (Å²) in [7, 11) is 0. The van der Waals surface area contributed by atoms with Gasteiger partial charge < -0.3 is 10.1 Å². The smallest absolute Gasteiger partial charge is 0.109 e. The van der Waals surface area contributed by atoms with E-state index in [1.165, 1.54) is 29.7 Å². The third kappa shape index (κ3) is 2.69. The highest BCUT2D eigenvalue weighted by atomic mass is 16.5. The molecule has 0 radical (unpaired) electrons. The highest BCUT2D eigenvalue weighted by Gasteiger charge is 2.31. The van der Waals surface area contributed by atoms with Gasteiger partial charge in [-0.3, -0.25) is 0 Å². The molecule has 2 heteroatoms. The Kier molecular flexibility index (Phi) is 3.88. The van der Waals surface area contributed by atoms with E-state index in [2.05, 4.69) is 42.6 Å². The fraction of sp³-hybridized carbons (Fsp3) is 0.529. The Balaban J connectivity index is 1.77. The number of rotatable bonds is 4. The molecule has 0 amide bonds. The van der Waals surface area contributed by atoms with Crippen LogP contribution in [0.3, 0.4) is 0 Å². The van der Waals surface area contributed by atoms with Gasteiger partial charge in [-0.15, -0.1) is 0 Å². The summed E-state index contributed by atoms with van der Waals surface area (Å²) in [5.41, 5.74) is 3.04. The van der Waals surface area contributed by atoms with Gasteiger partial charge >= 0.3 is 0 Å². The lowest BCUT2D eigenvalue weighted by Gasteiger charge is -2.29. The molecule has 102 valence electrons. The topological polar surface area (TPSA) is 21.3 Å². The molecule has 0 saturated carbocycles. The molecule has 0 aromatic heterocycles. The van der Waals surface area contributed by atoms with Crippen molar-refractivity contribution in [1.82, 2.24) is 5.32 Å². The molecule has 0 fully saturated rings. The molecule has 1 N–H and O–H groups in total. The van der Waals surface area contributed by atoms with Crippen LogP contribution in [-0.4, -0.2) is 19.2 Å². The summed E-state index contributed by atoms with van der Waals surface area (Å²) in [6, 6.07) is 9.24. The normalized spacial score (nSPS) is 20.6. The summed E-state index contributed by atoms with van der Waals surface area (Å²) >= 11 is 0. The maximum Gasteiger partial charge on any atom is 0.109 e. The Morgan fingerprint density at radius 1 is 1.26 bits per heavy atom. The molecule has 0 spiro atoms. The number of allylic oxidation sites excluding steroid dienone is 1. The lowest BCUT2D eigenvalue weighted by molar-refractivity contribution is 0.152. The minimum atomic E-state index is 0.387. The minimum Gasteiger partial charge on any atom is -0.497 e. The average Bonchev–Trinajstić information content (AvgIpc) is 2.89. The van der Waals surface area contributed by atoms with Gasteiger partial charge in [-0.05, 0) is 55.3 Å². The van der Waals surface area contributed by atoms with E-state index in [4.69, 9.17) is 4.74 Å². The van der Waals surface area contributed by atoms with Crippen molar-refractivity contribution in [3.8, 4) is 0 Å². The first-order valence-electron chi connectivity index (χ1n) is 7.51. The van der Waals surface area contributed by atoms with E-state index in [0.29, 0.717) is 12.0 Å². The molecule has 0 saturated heterocycles. The van der Waals surface area contributed by atoms with E-state index >= 15 is 0 Å². The molecule has 1 heterocycles. The van der Waals surface area contributed by atoms with Crippen LogP contribution in [0.15, 0.2) is 36.1 Å². The van der Waals surface area contributed by atoms with Crippen molar-refractivity contribution >= 4 is 0 Å². The minimum absolute atomic E-state index is 0.387. The predicted octanol–water partition coefficient (Wildman–Crippen LogP) is 3.07. The molecular weight excluding hydrogens is 234 g/mol. The molecule has 1 aromatic carbocycles. The zero-order valence-corrected chi connectivity index (χ0v) is 11.7. The summed E-state index contributed by atoms with van der Waals surface area (Å²) in [5.74, 6) is 1.83. The standard InChI is InChI=1S/C17H23NO/c1-2-18-17(16-9-5-6-10-19-16)15-11-13-7-3-4-8-14(13)12-15/h3-4,7-9,15,17-18H,2,5-6,10-12H2,1H3. The van der Waals surface area contributed by atoms with Gasteiger partial charge in [0, 0.05) is 0 Å². The van der Waals surface area contributed by atoms with E-state index in [0.717, 1.165) is 26.0 Å². The van der Waals surface area contributed by atoms with E-state index in [1.54, 1.807) is 0 Å². The van der Waals surface area contributed by atoms with Crippen LogP contribution in [0, 0.1) is 5.92 Å². The summed E-state index contributed by atoms with van der Waals surface area (Å²) in [6.07, 6.45) is 6.97. The lowest BCUT2D eigenvalue weighted by Crippen LogP contribution is -2.39. The monoisotopic (exact) mass is 257 g/mol. The molecule has 1 aliphatic heterocycles. The second-order valence-electron chi connectivity index (χ2n) is 5.57. The number of likely N-dealkylation sites (N-methyl/N-ethyl adjacent to an activating group) is 1. The SMILES string of the molecule is CCNC(C1=CCCCO1)C1Cc2ccccc2C1. The maximum absolute atomic E-state index is 5.90. The molecule has 1 unspecified atom stereocenters. The molecule has 3 rings (SSSR count). The van der Waals surface area contributed by atoms with Gasteiger partial charge in [-0.25, -0.2) is 0 Å². The first-order valence-corrected chi connectivity index (χ1v) is 7.51. The van der Waals surface area contributed by atoms with Crippen LogP contribution in [0.25, 0.3) is 0 Å². The van der Waals surface area contributed by atoms with Crippen LogP contribution in [0.5, 0.6) is 0 Å². The molecular formula is C17H23NO. The predicted molar refractivity (Wildman–Crippen MR) is 78.1 cm³/mol. The number of ether oxygens (including phenoxy) is 1. The van der Waals surface area contributed by atoms with Crippen molar-refractivity contribution < 1.29 is 4.74 Å². The Morgan fingerprint density at radius 3 is 2.58 bits per heavy atom. The fourth-order valence-corrected chi connectivity index (χ4v) is 3.34. The molecule has 2 aliphatic rings. The number of nitrogens with one attached hydrogen (secondary N) is 1. The van der Waals surface area contributed by atoms with Crippen LogP contribution >= 0.6 is 0 Å². The number of hydrogen-bond acceptors (Lipinski definition) is 2. The second-order valence-corrected chi connectivity index (χ2v) is 5.57. The third-order valence-corrected chi connectivity index (χ3v) is 4.25. The zero-order valence-electron chi connectivity index (χ0n) is 11.7. The van der Waals surface area contributed by atoms with Gasteiger partial charge in [0.05, 0.1) is 12.6 Å². The molecule has 19 heavy (non-hydrogen) atoms. The van der Waals surface area contributed by atoms with Crippen molar-refractivity contribution in [1.29, 1.82) is 0 Å².